The lowest BCUT2D eigenvalue weighted by Gasteiger charge is -2.14. The fourth-order valence-corrected chi connectivity index (χ4v) is 0. The first-order chi connectivity index (χ1) is 2.00. The summed E-state index contributed by atoms with van der Waals surface area (Å²) in [6.07, 6.45) is 0. The van der Waals surface area contributed by atoms with E-state index < -0.39 is 0 Å². The van der Waals surface area contributed by atoms with Crippen molar-refractivity contribution in [2.45, 2.75) is 0 Å². The fourth-order valence-electron chi connectivity index (χ4n) is 0. The number of nitrogens with zero attached hydrogens (tertiary/aromatic N) is 1. The van der Waals surface area contributed by atoms with Gasteiger partial charge in [0.15, 0.2) is 17.4 Å². The molecular formula is C4H15AlClN. The van der Waals surface area contributed by atoms with Crippen LogP contribution in [0.1, 0.15) is 0 Å². The zero-order valence-electron chi connectivity index (χ0n) is 4.83. The van der Waals surface area contributed by atoms with Crippen LogP contribution in [-0.2, 0) is 0 Å². The van der Waals surface area contributed by atoms with E-state index >= 15 is 0 Å². The Morgan fingerprint density at radius 1 is 0.857 bits per heavy atom. The average Bonchev–Trinajstić information content (AvgIpc) is 0.722. The first kappa shape index (κ1) is 15.7. The van der Waals surface area contributed by atoms with Gasteiger partial charge in [0.05, 0.1) is 28.2 Å². The number of quaternary nitrogens is 1. The highest BCUT2D eigenvalue weighted by molar-refractivity contribution is 5.75. The summed E-state index contributed by atoms with van der Waals surface area (Å²) < 4.78 is 1.00. The van der Waals surface area contributed by atoms with Crippen LogP contribution in [0.4, 0.5) is 0 Å². The minimum absolute atomic E-state index is 0. The van der Waals surface area contributed by atoms with Crippen molar-refractivity contribution in [1.29, 1.82) is 0 Å². The van der Waals surface area contributed by atoms with Gasteiger partial charge in [-0.2, -0.15) is 0 Å². The van der Waals surface area contributed by atoms with E-state index in [0.29, 0.717) is 0 Å². The minimum atomic E-state index is 0. The van der Waals surface area contributed by atoms with Crippen molar-refractivity contribution in [2.24, 2.45) is 0 Å². The van der Waals surface area contributed by atoms with Gasteiger partial charge in [-0.1, -0.05) is 0 Å². The average molecular weight is 140 g/mol. The predicted octanol–water partition coefficient (Wildman–Crippen LogP) is -3.86. The summed E-state index contributed by atoms with van der Waals surface area (Å²) in [6, 6.07) is 0. The van der Waals surface area contributed by atoms with Gasteiger partial charge >= 0.3 is 0 Å². The lowest BCUT2D eigenvalue weighted by molar-refractivity contribution is -0.849. The highest BCUT2D eigenvalue weighted by Gasteiger charge is 1.88. The van der Waals surface area contributed by atoms with E-state index in [9.17, 15) is 0 Å². The van der Waals surface area contributed by atoms with Crippen molar-refractivity contribution in [3.8, 4) is 0 Å². The molecule has 0 aromatic heterocycles. The SMILES string of the molecule is C[N+](C)(C)C.[AlH3].[Cl-]. The largest absolute Gasteiger partial charge is 1.00 e. The van der Waals surface area contributed by atoms with E-state index in [-0.39, 0.29) is 29.8 Å². The summed E-state index contributed by atoms with van der Waals surface area (Å²) in [5, 5.41) is 0. The molecule has 0 saturated carbocycles. The molecule has 0 rings (SSSR count). The third kappa shape index (κ3) is 253. The molecule has 0 amide bonds. The van der Waals surface area contributed by atoms with Gasteiger partial charge in [0.2, 0.25) is 0 Å². The number of halogens is 1. The first-order valence-corrected chi connectivity index (χ1v) is 1.79. The molecule has 7 heavy (non-hydrogen) atoms. The van der Waals surface area contributed by atoms with Crippen LogP contribution < -0.4 is 12.4 Å². The Kier molecular flexibility index (Phi) is 11.0. The molecule has 0 N–H and O–H groups in total. The molecule has 0 fully saturated rings. The van der Waals surface area contributed by atoms with E-state index in [4.69, 9.17) is 0 Å². The number of hydrogen-bond donors (Lipinski definition) is 0. The van der Waals surface area contributed by atoms with E-state index in [0.717, 1.165) is 4.48 Å². The van der Waals surface area contributed by atoms with Crippen molar-refractivity contribution < 1.29 is 16.9 Å². The van der Waals surface area contributed by atoms with Gasteiger partial charge in [0, 0.05) is 0 Å². The summed E-state index contributed by atoms with van der Waals surface area (Å²) >= 11 is 0. The van der Waals surface area contributed by atoms with Crippen LogP contribution in [-0.4, -0.2) is 50.0 Å². The van der Waals surface area contributed by atoms with Crippen LogP contribution in [0.15, 0.2) is 0 Å². The van der Waals surface area contributed by atoms with Crippen molar-refractivity contribution >= 4 is 17.4 Å². The summed E-state index contributed by atoms with van der Waals surface area (Å²) in [4.78, 5) is 0. The maximum absolute atomic E-state index is 2.12. The van der Waals surface area contributed by atoms with Gasteiger partial charge in [-0.05, 0) is 0 Å². The van der Waals surface area contributed by atoms with Crippen LogP contribution in [0.25, 0.3) is 0 Å². The van der Waals surface area contributed by atoms with E-state index in [2.05, 4.69) is 28.2 Å². The van der Waals surface area contributed by atoms with Crippen molar-refractivity contribution in [3.05, 3.63) is 0 Å². The van der Waals surface area contributed by atoms with Gasteiger partial charge < -0.3 is 16.9 Å². The molecule has 0 atom stereocenters. The topological polar surface area (TPSA) is 0 Å². The van der Waals surface area contributed by atoms with Crippen molar-refractivity contribution in [1.82, 2.24) is 0 Å². The summed E-state index contributed by atoms with van der Waals surface area (Å²) in [7, 11) is 8.50. The quantitative estimate of drug-likeness (QED) is 0.238. The van der Waals surface area contributed by atoms with Crippen LogP contribution >= 0.6 is 0 Å². The molecular weight excluding hydrogens is 124 g/mol. The molecule has 3 heteroatoms. The minimum Gasteiger partial charge on any atom is -1.00 e. The molecule has 0 radical (unpaired) electrons. The Bertz CT molecular complexity index is 27.2. The lowest BCUT2D eigenvalue weighted by Crippen LogP contribution is -3.00. The predicted molar refractivity (Wildman–Crippen MR) is 33.9 cm³/mol. The molecule has 1 nitrogen and oxygen atoms in total. The highest BCUT2D eigenvalue weighted by Crippen LogP contribution is 1.73. The van der Waals surface area contributed by atoms with Crippen LogP contribution in [0, 0.1) is 0 Å². The molecule has 0 aromatic carbocycles. The second-order valence-electron chi connectivity index (χ2n) is 2.68. The van der Waals surface area contributed by atoms with Crippen molar-refractivity contribution in [3.63, 3.8) is 0 Å². The van der Waals surface area contributed by atoms with E-state index in [1.54, 1.807) is 0 Å². The molecule has 0 aliphatic heterocycles. The zero-order chi connectivity index (χ0) is 4.50. The zero-order valence-corrected chi connectivity index (χ0v) is 5.58. The summed E-state index contributed by atoms with van der Waals surface area (Å²) in [6.45, 7) is 0. The highest BCUT2D eigenvalue weighted by atomic mass is 35.5. The Labute approximate surface area is 62.8 Å². The molecule has 0 heterocycles. The first-order valence-electron chi connectivity index (χ1n) is 1.79. The van der Waals surface area contributed by atoms with Crippen LogP contribution in [0.5, 0.6) is 0 Å². The van der Waals surface area contributed by atoms with Gasteiger partial charge in [-0.25, -0.2) is 0 Å². The Balaban J connectivity index is -0.0000000800. The molecule has 0 spiro atoms. The standard InChI is InChI=1S/C4H12N.Al.ClH.3H/c1-5(2,3)4;;;;;/h1-4H3;;1H;;;/q+1;;;;;/p-1. The lowest BCUT2D eigenvalue weighted by atomic mass is 10.8. The molecule has 0 aliphatic carbocycles. The number of rotatable bonds is 0. The Morgan fingerprint density at radius 3 is 0.857 bits per heavy atom. The maximum Gasteiger partial charge on any atom is 0.187 e. The smallest absolute Gasteiger partial charge is 0.187 e. The van der Waals surface area contributed by atoms with Gasteiger partial charge in [-0.3, -0.25) is 0 Å². The van der Waals surface area contributed by atoms with Gasteiger partial charge in [0.25, 0.3) is 0 Å². The molecule has 0 aliphatic rings. The third-order valence-electron chi connectivity index (χ3n) is 0. The van der Waals surface area contributed by atoms with Gasteiger partial charge in [-0.15, -0.1) is 0 Å². The summed E-state index contributed by atoms with van der Waals surface area (Å²) in [5.41, 5.74) is 0. The number of hydrogen-bond acceptors (Lipinski definition) is 0. The Hall–Kier alpha value is 0.782. The van der Waals surface area contributed by atoms with Crippen LogP contribution in [0.3, 0.4) is 0 Å². The van der Waals surface area contributed by atoms with Crippen LogP contribution in [0.2, 0.25) is 0 Å². The third-order valence-corrected chi connectivity index (χ3v) is 0. The summed E-state index contributed by atoms with van der Waals surface area (Å²) in [5.74, 6) is 0. The fraction of sp³-hybridized carbons (Fsp3) is 1.00. The molecule has 0 saturated heterocycles. The molecule has 0 bridgehead atoms. The van der Waals surface area contributed by atoms with Gasteiger partial charge in [0.1, 0.15) is 0 Å². The van der Waals surface area contributed by atoms with E-state index in [1.165, 1.54) is 0 Å². The second kappa shape index (κ2) is 4.93. The second-order valence-corrected chi connectivity index (χ2v) is 2.68. The maximum atomic E-state index is 2.12. The van der Waals surface area contributed by atoms with E-state index in [1.807, 2.05) is 0 Å². The molecule has 0 aromatic rings. The van der Waals surface area contributed by atoms with Crippen molar-refractivity contribution in [2.75, 3.05) is 28.2 Å². The molecule has 0 unspecified atom stereocenters. The monoisotopic (exact) mass is 139 g/mol. The molecule has 46 valence electrons. The Morgan fingerprint density at radius 2 is 0.857 bits per heavy atom. The normalized spacial score (nSPS) is 8.57.